The quantitative estimate of drug-likeness (QED) is 0.716. The van der Waals surface area contributed by atoms with Crippen LogP contribution in [0.15, 0.2) is 35.2 Å². The molecular formula is C23H35N3O3S. The summed E-state index contributed by atoms with van der Waals surface area (Å²) in [5, 5.41) is 0. The van der Waals surface area contributed by atoms with Crippen LogP contribution >= 0.6 is 0 Å². The number of amides is 1. The summed E-state index contributed by atoms with van der Waals surface area (Å²) in [4.78, 5) is 18.2. The Labute approximate surface area is 181 Å². The zero-order chi connectivity index (χ0) is 21.1. The molecule has 1 aromatic carbocycles. The van der Waals surface area contributed by atoms with E-state index in [0.29, 0.717) is 18.9 Å². The fourth-order valence-corrected chi connectivity index (χ4v) is 6.91. The number of carbonyl (C=O) groups excluding carboxylic acids is 1. The van der Waals surface area contributed by atoms with Gasteiger partial charge in [-0.2, -0.15) is 4.31 Å². The number of piperidine rings is 2. The molecular weight excluding hydrogens is 398 g/mol. The Morgan fingerprint density at radius 2 is 1.67 bits per heavy atom. The Hall–Kier alpha value is -1.44. The van der Waals surface area contributed by atoms with Gasteiger partial charge in [-0.15, -0.1) is 0 Å². The van der Waals surface area contributed by atoms with Gasteiger partial charge in [0.2, 0.25) is 15.9 Å². The normalized spacial score (nSPS) is 27.4. The minimum Gasteiger partial charge on any atom is -0.341 e. The second kappa shape index (κ2) is 9.37. The Morgan fingerprint density at radius 3 is 2.40 bits per heavy atom. The van der Waals surface area contributed by atoms with Crippen LogP contribution in [0.5, 0.6) is 0 Å². The van der Waals surface area contributed by atoms with Crippen LogP contribution < -0.4 is 0 Å². The van der Waals surface area contributed by atoms with Crippen molar-refractivity contribution < 1.29 is 13.2 Å². The number of benzene rings is 1. The standard InChI is InChI=1S/C23H35N3O3S/c1-19-11-15-24(16-12-19)17-20-7-5-13-25(18-20)23(27)22-10-6-14-26(22)30(28,29)21-8-3-2-4-9-21/h2-4,8-9,19-20,22H,5-7,10-18H2,1H3. The van der Waals surface area contributed by atoms with Gasteiger partial charge in [-0.1, -0.05) is 25.1 Å². The van der Waals surface area contributed by atoms with Gasteiger partial charge in [0, 0.05) is 26.2 Å². The Morgan fingerprint density at radius 1 is 0.967 bits per heavy atom. The van der Waals surface area contributed by atoms with Crippen LogP contribution in [-0.2, 0) is 14.8 Å². The molecule has 166 valence electrons. The number of carbonyl (C=O) groups is 1. The van der Waals surface area contributed by atoms with Crippen molar-refractivity contribution in [3.05, 3.63) is 30.3 Å². The predicted octanol–water partition coefficient (Wildman–Crippen LogP) is 2.81. The molecule has 0 saturated carbocycles. The van der Waals surface area contributed by atoms with Gasteiger partial charge in [0.25, 0.3) is 0 Å². The van der Waals surface area contributed by atoms with E-state index in [1.807, 2.05) is 11.0 Å². The average molecular weight is 434 g/mol. The molecule has 3 heterocycles. The highest BCUT2D eigenvalue weighted by Gasteiger charge is 2.42. The summed E-state index contributed by atoms with van der Waals surface area (Å²) < 4.78 is 27.7. The Kier molecular flexibility index (Phi) is 6.80. The first-order valence-corrected chi connectivity index (χ1v) is 13.0. The second-order valence-electron chi connectivity index (χ2n) is 9.36. The van der Waals surface area contributed by atoms with E-state index in [1.54, 1.807) is 24.3 Å². The van der Waals surface area contributed by atoms with Gasteiger partial charge in [0.1, 0.15) is 6.04 Å². The molecule has 0 aromatic heterocycles. The van der Waals surface area contributed by atoms with Crippen molar-refractivity contribution in [2.45, 2.75) is 56.4 Å². The first-order valence-electron chi connectivity index (χ1n) is 11.5. The third-order valence-electron chi connectivity index (χ3n) is 7.06. The van der Waals surface area contributed by atoms with E-state index >= 15 is 0 Å². The second-order valence-corrected chi connectivity index (χ2v) is 11.3. The number of likely N-dealkylation sites (tertiary alicyclic amines) is 2. The number of hydrogen-bond acceptors (Lipinski definition) is 4. The maximum Gasteiger partial charge on any atom is 0.243 e. The van der Waals surface area contributed by atoms with Gasteiger partial charge in [0.15, 0.2) is 0 Å². The van der Waals surface area contributed by atoms with Crippen LogP contribution in [-0.4, -0.2) is 73.7 Å². The van der Waals surface area contributed by atoms with Gasteiger partial charge in [0.05, 0.1) is 4.90 Å². The van der Waals surface area contributed by atoms with Crippen LogP contribution in [0, 0.1) is 11.8 Å². The summed E-state index contributed by atoms with van der Waals surface area (Å²) in [6.07, 6.45) is 6.07. The Bertz CT molecular complexity index is 821. The van der Waals surface area contributed by atoms with Crippen LogP contribution in [0.3, 0.4) is 0 Å². The van der Waals surface area contributed by atoms with Crippen LogP contribution in [0.25, 0.3) is 0 Å². The zero-order valence-electron chi connectivity index (χ0n) is 18.1. The van der Waals surface area contributed by atoms with E-state index < -0.39 is 16.1 Å². The SMILES string of the molecule is CC1CCN(CC2CCCN(C(=O)C3CCCN3S(=O)(=O)c3ccccc3)C2)CC1. The highest BCUT2D eigenvalue weighted by Crippen LogP contribution is 2.29. The molecule has 1 aromatic rings. The minimum atomic E-state index is -3.64. The van der Waals surface area contributed by atoms with E-state index in [2.05, 4.69) is 11.8 Å². The molecule has 0 bridgehead atoms. The molecule has 1 amide bonds. The van der Waals surface area contributed by atoms with Gasteiger partial charge < -0.3 is 9.80 Å². The first-order chi connectivity index (χ1) is 14.4. The van der Waals surface area contributed by atoms with E-state index in [9.17, 15) is 13.2 Å². The topological polar surface area (TPSA) is 60.9 Å². The number of hydrogen-bond donors (Lipinski definition) is 0. The molecule has 0 spiro atoms. The maximum absolute atomic E-state index is 13.4. The molecule has 3 aliphatic rings. The van der Waals surface area contributed by atoms with Crippen molar-refractivity contribution in [1.82, 2.24) is 14.1 Å². The molecule has 0 radical (unpaired) electrons. The highest BCUT2D eigenvalue weighted by molar-refractivity contribution is 7.89. The smallest absolute Gasteiger partial charge is 0.243 e. The average Bonchev–Trinajstić information content (AvgIpc) is 3.27. The lowest BCUT2D eigenvalue weighted by atomic mass is 9.94. The van der Waals surface area contributed by atoms with E-state index in [1.165, 1.54) is 17.1 Å². The van der Waals surface area contributed by atoms with Crippen molar-refractivity contribution in [3.8, 4) is 0 Å². The van der Waals surface area contributed by atoms with E-state index in [0.717, 1.165) is 57.9 Å². The monoisotopic (exact) mass is 433 g/mol. The fourth-order valence-electron chi connectivity index (χ4n) is 5.24. The van der Waals surface area contributed by atoms with Crippen LogP contribution in [0.2, 0.25) is 0 Å². The number of rotatable bonds is 5. The van der Waals surface area contributed by atoms with Crippen LogP contribution in [0.1, 0.15) is 45.4 Å². The molecule has 4 rings (SSSR count). The third-order valence-corrected chi connectivity index (χ3v) is 8.98. The van der Waals surface area contributed by atoms with Crippen molar-refractivity contribution in [2.75, 3.05) is 39.3 Å². The molecule has 6 nitrogen and oxygen atoms in total. The third kappa shape index (κ3) is 4.73. The molecule has 30 heavy (non-hydrogen) atoms. The lowest BCUT2D eigenvalue weighted by Crippen LogP contribution is -2.51. The van der Waals surface area contributed by atoms with Crippen molar-refractivity contribution in [2.24, 2.45) is 11.8 Å². The fraction of sp³-hybridized carbons (Fsp3) is 0.696. The van der Waals surface area contributed by atoms with Gasteiger partial charge in [-0.3, -0.25) is 4.79 Å². The van der Waals surface area contributed by atoms with Crippen LogP contribution in [0.4, 0.5) is 0 Å². The number of sulfonamides is 1. The largest absolute Gasteiger partial charge is 0.341 e. The van der Waals surface area contributed by atoms with Crippen molar-refractivity contribution in [3.63, 3.8) is 0 Å². The first kappa shape index (κ1) is 21.8. The Balaban J connectivity index is 1.40. The molecule has 3 fully saturated rings. The summed E-state index contributed by atoms with van der Waals surface area (Å²) >= 11 is 0. The van der Waals surface area contributed by atoms with Crippen molar-refractivity contribution in [1.29, 1.82) is 0 Å². The lowest BCUT2D eigenvalue weighted by Gasteiger charge is -2.39. The molecule has 3 saturated heterocycles. The molecule has 2 unspecified atom stereocenters. The van der Waals surface area contributed by atoms with Gasteiger partial charge in [-0.25, -0.2) is 8.42 Å². The number of nitrogens with zero attached hydrogens (tertiary/aromatic N) is 3. The predicted molar refractivity (Wildman–Crippen MR) is 117 cm³/mol. The zero-order valence-corrected chi connectivity index (χ0v) is 18.9. The summed E-state index contributed by atoms with van der Waals surface area (Å²) in [7, 11) is -3.64. The summed E-state index contributed by atoms with van der Waals surface area (Å²) in [5.74, 6) is 1.33. The maximum atomic E-state index is 13.4. The van der Waals surface area contributed by atoms with E-state index in [4.69, 9.17) is 0 Å². The lowest BCUT2D eigenvalue weighted by molar-refractivity contribution is -0.136. The van der Waals surface area contributed by atoms with Gasteiger partial charge in [-0.05, 0) is 75.6 Å². The van der Waals surface area contributed by atoms with E-state index in [-0.39, 0.29) is 10.8 Å². The van der Waals surface area contributed by atoms with Gasteiger partial charge >= 0.3 is 0 Å². The highest BCUT2D eigenvalue weighted by atomic mass is 32.2. The van der Waals surface area contributed by atoms with Crippen molar-refractivity contribution >= 4 is 15.9 Å². The molecule has 3 aliphatic heterocycles. The minimum absolute atomic E-state index is 0.00368. The molecule has 2 atom stereocenters. The summed E-state index contributed by atoms with van der Waals surface area (Å²) in [6, 6.07) is 7.96. The molecule has 7 heteroatoms. The molecule has 0 N–H and O–H groups in total. The molecule has 0 aliphatic carbocycles. The summed E-state index contributed by atoms with van der Waals surface area (Å²) in [5.41, 5.74) is 0. The summed E-state index contributed by atoms with van der Waals surface area (Å²) in [6.45, 7) is 7.66.